The molecule has 1 aromatic carbocycles. The highest BCUT2D eigenvalue weighted by Crippen LogP contribution is 2.36. The minimum atomic E-state index is -2.92. The number of aromatic carboxylic acids is 1. The van der Waals surface area contributed by atoms with E-state index < -0.39 is 30.4 Å². The van der Waals surface area contributed by atoms with E-state index in [0.717, 1.165) is 5.56 Å². The van der Waals surface area contributed by atoms with Crippen LogP contribution in [0.5, 0.6) is 0 Å². The van der Waals surface area contributed by atoms with Gasteiger partial charge in [0.25, 0.3) is 5.92 Å². The molecule has 0 aliphatic carbocycles. The smallest absolute Gasteiger partial charge is 0.356 e. The van der Waals surface area contributed by atoms with Crippen molar-refractivity contribution in [3.8, 4) is 6.07 Å². The Bertz CT molecular complexity index is 1360. The molecule has 1 aliphatic rings. The predicted molar refractivity (Wildman–Crippen MR) is 128 cm³/mol. The maximum absolute atomic E-state index is 14.5. The Labute approximate surface area is 205 Å². The molecule has 3 aromatic rings. The van der Waals surface area contributed by atoms with Gasteiger partial charge in [0, 0.05) is 18.0 Å². The molecule has 182 valence electrons. The van der Waals surface area contributed by atoms with Gasteiger partial charge in [-0.15, -0.1) is 0 Å². The summed E-state index contributed by atoms with van der Waals surface area (Å²) in [6, 6.07) is 8.16. The van der Waals surface area contributed by atoms with Gasteiger partial charge in [0.15, 0.2) is 17.2 Å². The van der Waals surface area contributed by atoms with Crippen LogP contribution in [-0.2, 0) is 0 Å². The SMILES string of the molecule is Cc1cc([C@@H](C)Nc2ccc(Cl)nc2C(=O)O)c2nc(N3CCC(C)C(F)(F)C3)c(C#N)nc2c1. The number of fused-ring (bicyclic) bond motifs is 1. The Morgan fingerprint density at radius 1 is 1.34 bits per heavy atom. The van der Waals surface area contributed by atoms with Gasteiger partial charge in [-0.25, -0.2) is 28.5 Å². The van der Waals surface area contributed by atoms with Gasteiger partial charge < -0.3 is 15.3 Å². The van der Waals surface area contributed by atoms with Crippen LogP contribution in [0.15, 0.2) is 24.3 Å². The monoisotopic (exact) mass is 500 g/mol. The van der Waals surface area contributed by atoms with Crippen molar-refractivity contribution >= 4 is 40.1 Å². The third-order valence-electron chi connectivity index (χ3n) is 6.19. The lowest BCUT2D eigenvalue weighted by molar-refractivity contribution is -0.0573. The molecule has 0 radical (unpaired) electrons. The number of alkyl halides is 2. The second-order valence-electron chi connectivity index (χ2n) is 8.80. The van der Waals surface area contributed by atoms with Crippen molar-refractivity contribution < 1.29 is 18.7 Å². The van der Waals surface area contributed by atoms with Gasteiger partial charge in [-0.1, -0.05) is 24.6 Å². The van der Waals surface area contributed by atoms with E-state index in [1.165, 1.54) is 24.0 Å². The molecule has 2 N–H and O–H groups in total. The van der Waals surface area contributed by atoms with Crippen molar-refractivity contribution in [3.05, 3.63) is 51.9 Å². The van der Waals surface area contributed by atoms with E-state index in [-0.39, 0.29) is 34.5 Å². The number of hydrogen-bond donors (Lipinski definition) is 2. The number of nitriles is 1. The number of carboxylic acid groups (broad SMARTS) is 1. The molecule has 2 atom stereocenters. The number of benzene rings is 1. The summed E-state index contributed by atoms with van der Waals surface area (Å²) in [5.41, 5.74) is 2.40. The van der Waals surface area contributed by atoms with Crippen LogP contribution in [-0.4, -0.2) is 45.0 Å². The van der Waals surface area contributed by atoms with E-state index in [2.05, 4.69) is 20.3 Å². The zero-order valence-electron chi connectivity index (χ0n) is 19.3. The first-order valence-corrected chi connectivity index (χ1v) is 11.4. The third kappa shape index (κ3) is 4.82. The summed E-state index contributed by atoms with van der Waals surface area (Å²) in [5, 5.41) is 22.4. The number of nitrogens with one attached hydrogen (secondary N) is 1. The molecular formula is C24H23ClF2N6O2. The molecule has 2 aromatic heterocycles. The molecule has 1 unspecified atom stereocenters. The Kier molecular flexibility index (Phi) is 6.47. The Hall–Kier alpha value is -3.58. The van der Waals surface area contributed by atoms with E-state index >= 15 is 0 Å². The van der Waals surface area contributed by atoms with Crippen LogP contribution < -0.4 is 10.2 Å². The minimum Gasteiger partial charge on any atom is -0.476 e. The second-order valence-corrected chi connectivity index (χ2v) is 9.19. The lowest BCUT2D eigenvalue weighted by Gasteiger charge is -2.37. The number of nitrogens with zero attached hydrogens (tertiary/aromatic N) is 5. The third-order valence-corrected chi connectivity index (χ3v) is 6.40. The van der Waals surface area contributed by atoms with E-state index in [9.17, 15) is 23.9 Å². The van der Waals surface area contributed by atoms with Crippen LogP contribution in [0.4, 0.5) is 20.3 Å². The van der Waals surface area contributed by atoms with Crippen molar-refractivity contribution in [1.82, 2.24) is 15.0 Å². The van der Waals surface area contributed by atoms with Gasteiger partial charge in [0.2, 0.25) is 0 Å². The average molecular weight is 501 g/mol. The highest BCUT2D eigenvalue weighted by Gasteiger charge is 2.42. The summed E-state index contributed by atoms with van der Waals surface area (Å²) in [4.78, 5) is 26.0. The number of aromatic nitrogens is 3. The second kappa shape index (κ2) is 9.23. The largest absolute Gasteiger partial charge is 0.476 e. The highest BCUT2D eigenvalue weighted by molar-refractivity contribution is 6.29. The van der Waals surface area contributed by atoms with Gasteiger partial charge in [0.05, 0.1) is 29.3 Å². The maximum atomic E-state index is 14.5. The summed E-state index contributed by atoms with van der Waals surface area (Å²) in [5.74, 6) is -4.81. The van der Waals surface area contributed by atoms with Gasteiger partial charge in [-0.2, -0.15) is 5.26 Å². The van der Waals surface area contributed by atoms with Crippen molar-refractivity contribution in [3.63, 3.8) is 0 Å². The molecule has 0 spiro atoms. The molecule has 0 amide bonds. The number of pyridine rings is 1. The van der Waals surface area contributed by atoms with Crippen LogP contribution in [0.3, 0.4) is 0 Å². The highest BCUT2D eigenvalue weighted by atomic mass is 35.5. The molecular weight excluding hydrogens is 478 g/mol. The standard InChI is InChI=1S/C24H23ClF2N6O2/c1-12-8-15(14(3)29-16-4-5-19(25)31-21(16)23(34)35)20-17(9-12)30-18(10-28)22(32-20)33-7-6-13(2)24(26,27)11-33/h4-5,8-9,13-14,29H,6-7,11H2,1-3H3,(H,34,35)/t13?,14-/m1/s1. The molecule has 11 heteroatoms. The Morgan fingerprint density at radius 3 is 2.74 bits per heavy atom. The van der Waals surface area contributed by atoms with Gasteiger partial charge >= 0.3 is 5.97 Å². The summed E-state index contributed by atoms with van der Waals surface area (Å²) in [7, 11) is 0. The summed E-state index contributed by atoms with van der Waals surface area (Å²) < 4.78 is 28.9. The number of carbonyl (C=O) groups is 1. The molecule has 3 heterocycles. The van der Waals surface area contributed by atoms with E-state index in [4.69, 9.17) is 11.6 Å². The molecule has 0 saturated carbocycles. The van der Waals surface area contributed by atoms with Gasteiger partial charge in [0.1, 0.15) is 11.2 Å². The number of halogens is 3. The lowest BCUT2D eigenvalue weighted by atomic mass is 9.95. The summed E-state index contributed by atoms with van der Waals surface area (Å²) in [6.45, 7) is 4.97. The Morgan fingerprint density at radius 2 is 2.09 bits per heavy atom. The van der Waals surface area contributed by atoms with Crippen LogP contribution >= 0.6 is 11.6 Å². The number of hydrogen-bond acceptors (Lipinski definition) is 7. The first-order valence-electron chi connectivity index (χ1n) is 11.0. The van der Waals surface area contributed by atoms with Crippen molar-refractivity contribution in [2.24, 2.45) is 5.92 Å². The lowest BCUT2D eigenvalue weighted by Crippen LogP contribution is -2.48. The quantitative estimate of drug-likeness (QED) is 0.459. The zero-order valence-corrected chi connectivity index (χ0v) is 20.1. The van der Waals surface area contributed by atoms with Crippen LogP contribution in [0.1, 0.15) is 53.6 Å². The molecule has 0 bridgehead atoms. The van der Waals surface area contributed by atoms with Crippen LogP contribution in [0.2, 0.25) is 5.15 Å². The summed E-state index contributed by atoms with van der Waals surface area (Å²) >= 11 is 5.86. The number of aryl methyl sites for hydroxylation is 1. The molecule has 1 fully saturated rings. The Balaban J connectivity index is 1.80. The fourth-order valence-corrected chi connectivity index (χ4v) is 4.35. The van der Waals surface area contributed by atoms with E-state index in [1.807, 2.05) is 26.0 Å². The number of anilines is 2. The number of carboxylic acids is 1. The van der Waals surface area contributed by atoms with Crippen LogP contribution in [0.25, 0.3) is 11.0 Å². The predicted octanol–water partition coefficient (Wildman–Crippen LogP) is 5.21. The first kappa shape index (κ1) is 24.5. The normalized spacial score (nSPS) is 18.2. The van der Waals surface area contributed by atoms with E-state index in [0.29, 0.717) is 23.1 Å². The molecule has 1 aliphatic heterocycles. The molecule has 4 rings (SSSR count). The average Bonchev–Trinajstić information content (AvgIpc) is 2.80. The maximum Gasteiger partial charge on any atom is 0.356 e. The number of rotatable bonds is 5. The number of piperidine rings is 1. The van der Waals surface area contributed by atoms with Crippen LogP contribution in [0, 0.1) is 24.2 Å². The molecule has 35 heavy (non-hydrogen) atoms. The van der Waals surface area contributed by atoms with Gasteiger partial charge in [-0.05, 0) is 44.0 Å². The van der Waals surface area contributed by atoms with Gasteiger partial charge in [-0.3, -0.25) is 0 Å². The summed E-state index contributed by atoms with van der Waals surface area (Å²) in [6.07, 6.45) is 0.262. The molecule has 1 saturated heterocycles. The minimum absolute atomic E-state index is 0.0184. The van der Waals surface area contributed by atoms with Crippen molar-refractivity contribution in [2.75, 3.05) is 23.3 Å². The zero-order chi connectivity index (χ0) is 25.5. The first-order chi connectivity index (χ1) is 16.5. The topological polar surface area (TPSA) is 115 Å². The van der Waals surface area contributed by atoms with Crippen molar-refractivity contribution in [2.45, 2.75) is 39.2 Å². The fourth-order valence-electron chi connectivity index (χ4n) is 4.21. The van der Waals surface area contributed by atoms with Crippen molar-refractivity contribution in [1.29, 1.82) is 5.26 Å². The van der Waals surface area contributed by atoms with E-state index in [1.54, 1.807) is 6.07 Å². The molecule has 8 nitrogen and oxygen atoms in total. The fraction of sp³-hybridized carbons (Fsp3) is 0.375.